The number of amides is 2. The number of aliphatic hydroxyl groups excluding tert-OH is 1. The van der Waals surface area contributed by atoms with Crippen molar-refractivity contribution in [2.45, 2.75) is 26.3 Å². The lowest BCUT2D eigenvalue weighted by Gasteiger charge is -2.19. The lowest BCUT2D eigenvalue weighted by Crippen LogP contribution is -2.32. The Morgan fingerprint density at radius 2 is 2.21 bits per heavy atom. The zero-order valence-corrected chi connectivity index (χ0v) is 9.23. The molecule has 1 rings (SSSR count). The van der Waals surface area contributed by atoms with Crippen LogP contribution in [0.4, 0.5) is 4.79 Å². The number of hydrogen-bond donors (Lipinski definition) is 1. The highest BCUT2D eigenvalue weighted by Gasteiger charge is 2.33. The van der Waals surface area contributed by atoms with E-state index in [-0.39, 0.29) is 12.6 Å². The summed E-state index contributed by atoms with van der Waals surface area (Å²) in [4.78, 5) is 15.1. The van der Waals surface area contributed by atoms with E-state index < -0.39 is 0 Å². The molecule has 14 heavy (non-hydrogen) atoms. The van der Waals surface area contributed by atoms with E-state index in [0.717, 1.165) is 13.0 Å². The number of nitrogens with zero attached hydrogens (tertiary/aromatic N) is 2. The van der Waals surface area contributed by atoms with E-state index in [1.54, 1.807) is 9.80 Å². The minimum absolute atomic E-state index is 0.0460. The Labute approximate surface area is 85.5 Å². The molecular weight excluding hydrogens is 180 g/mol. The second-order valence-electron chi connectivity index (χ2n) is 4.35. The van der Waals surface area contributed by atoms with Crippen molar-refractivity contribution in [1.82, 2.24) is 9.80 Å². The Hall–Kier alpha value is -0.770. The van der Waals surface area contributed by atoms with Gasteiger partial charge in [0.2, 0.25) is 0 Å². The predicted octanol–water partition coefficient (Wildman–Crippen LogP) is 0.761. The third-order valence-electron chi connectivity index (χ3n) is 2.66. The fourth-order valence-corrected chi connectivity index (χ4v) is 1.92. The van der Waals surface area contributed by atoms with E-state index in [9.17, 15) is 4.79 Å². The fourth-order valence-electron chi connectivity index (χ4n) is 1.92. The van der Waals surface area contributed by atoms with Crippen LogP contribution in [0.2, 0.25) is 0 Å². The first-order valence-corrected chi connectivity index (χ1v) is 5.18. The second-order valence-corrected chi connectivity index (χ2v) is 4.35. The Morgan fingerprint density at radius 3 is 2.71 bits per heavy atom. The van der Waals surface area contributed by atoms with Gasteiger partial charge in [0.1, 0.15) is 0 Å². The Bertz CT molecular complexity index is 206. The number of β-amino-alcohol motifs (C(OH)–C–C–N with tert-alkyl or cyclic N) is 1. The van der Waals surface area contributed by atoms with Crippen molar-refractivity contribution in [2.24, 2.45) is 5.92 Å². The Balaban J connectivity index is 2.53. The quantitative estimate of drug-likeness (QED) is 0.728. The van der Waals surface area contributed by atoms with Gasteiger partial charge in [-0.3, -0.25) is 0 Å². The number of likely N-dealkylation sites (N-methyl/N-ethyl adjacent to an activating group) is 1. The van der Waals surface area contributed by atoms with E-state index in [2.05, 4.69) is 13.8 Å². The third kappa shape index (κ3) is 2.38. The molecule has 0 bridgehead atoms. The number of aliphatic hydroxyl groups is 1. The summed E-state index contributed by atoms with van der Waals surface area (Å²) in [7, 11) is 1.84. The van der Waals surface area contributed by atoms with Gasteiger partial charge in [-0.15, -0.1) is 0 Å². The van der Waals surface area contributed by atoms with E-state index in [4.69, 9.17) is 5.11 Å². The minimum Gasteiger partial charge on any atom is -0.395 e. The van der Waals surface area contributed by atoms with E-state index in [1.165, 1.54) is 0 Å². The maximum absolute atomic E-state index is 11.6. The summed E-state index contributed by atoms with van der Waals surface area (Å²) in [6.07, 6.45) is 1.03. The van der Waals surface area contributed by atoms with Crippen LogP contribution in [-0.2, 0) is 0 Å². The van der Waals surface area contributed by atoms with Gasteiger partial charge in [-0.25, -0.2) is 4.79 Å². The molecule has 4 heteroatoms. The molecule has 2 amide bonds. The van der Waals surface area contributed by atoms with Gasteiger partial charge in [0.05, 0.1) is 12.6 Å². The summed E-state index contributed by atoms with van der Waals surface area (Å²) in [5, 5.41) is 8.79. The first-order chi connectivity index (χ1) is 6.56. The predicted molar refractivity (Wildman–Crippen MR) is 55.1 cm³/mol. The molecule has 0 aliphatic carbocycles. The molecule has 1 saturated heterocycles. The molecule has 0 radical (unpaired) electrons. The topological polar surface area (TPSA) is 43.8 Å². The first kappa shape index (κ1) is 11.3. The van der Waals surface area contributed by atoms with Crippen LogP contribution >= 0.6 is 0 Å². The van der Waals surface area contributed by atoms with Gasteiger partial charge in [-0.2, -0.15) is 0 Å². The van der Waals surface area contributed by atoms with Gasteiger partial charge >= 0.3 is 6.03 Å². The summed E-state index contributed by atoms with van der Waals surface area (Å²) < 4.78 is 0. The number of rotatable bonds is 4. The molecule has 0 aromatic carbocycles. The molecule has 4 nitrogen and oxygen atoms in total. The monoisotopic (exact) mass is 200 g/mol. The highest BCUT2D eigenvalue weighted by molar-refractivity contribution is 5.76. The molecule has 1 unspecified atom stereocenters. The normalized spacial score (nSPS) is 22.6. The number of carbonyl (C=O) groups excluding carboxylic acids is 1. The average Bonchev–Trinajstić information content (AvgIpc) is 2.34. The van der Waals surface area contributed by atoms with Crippen LogP contribution in [0.3, 0.4) is 0 Å². The van der Waals surface area contributed by atoms with Gasteiger partial charge in [-0.05, 0) is 12.3 Å². The third-order valence-corrected chi connectivity index (χ3v) is 2.66. The van der Waals surface area contributed by atoms with Crippen LogP contribution in [-0.4, -0.2) is 53.7 Å². The molecule has 1 heterocycles. The highest BCUT2D eigenvalue weighted by Crippen LogP contribution is 2.19. The lowest BCUT2D eigenvalue weighted by molar-refractivity contribution is 0.182. The van der Waals surface area contributed by atoms with Crippen LogP contribution in [0, 0.1) is 5.92 Å². The Kier molecular flexibility index (Phi) is 3.75. The molecule has 1 fully saturated rings. The van der Waals surface area contributed by atoms with Crippen molar-refractivity contribution in [3.05, 3.63) is 0 Å². The second kappa shape index (κ2) is 4.64. The Morgan fingerprint density at radius 1 is 1.57 bits per heavy atom. The van der Waals surface area contributed by atoms with Crippen molar-refractivity contribution < 1.29 is 9.90 Å². The highest BCUT2D eigenvalue weighted by atomic mass is 16.3. The number of urea groups is 1. The summed E-state index contributed by atoms with van der Waals surface area (Å²) in [5.74, 6) is 0.601. The summed E-state index contributed by atoms with van der Waals surface area (Å²) in [6, 6.07) is 0.360. The zero-order valence-electron chi connectivity index (χ0n) is 9.23. The summed E-state index contributed by atoms with van der Waals surface area (Å²) in [5.41, 5.74) is 0. The smallest absolute Gasteiger partial charge is 0.320 e. The minimum atomic E-state index is 0.0460. The van der Waals surface area contributed by atoms with Crippen molar-refractivity contribution in [3.63, 3.8) is 0 Å². The summed E-state index contributed by atoms with van der Waals surface area (Å²) in [6.45, 7) is 5.58. The first-order valence-electron chi connectivity index (χ1n) is 5.18. The van der Waals surface area contributed by atoms with Crippen molar-refractivity contribution in [1.29, 1.82) is 0 Å². The number of hydrogen-bond acceptors (Lipinski definition) is 2. The molecule has 1 atom stereocenters. The van der Waals surface area contributed by atoms with Gasteiger partial charge in [0, 0.05) is 20.1 Å². The molecule has 0 saturated carbocycles. The molecule has 1 N–H and O–H groups in total. The molecule has 0 aromatic rings. The van der Waals surface area contributed by atoms with Gasteiger partial charge < -0.3 is 14.9 Å². The molecule has 1 aliphatic rings. The largest absolute Gasteiger partial charge is 0.395 e. The van der Waals surface area contributed by atoms with Gasteiger partial charge in [-0.1, -0.05) is 13.8 Å². The van der Waals surface area contributed by atoms with Crippen LogP contribution in [0.15, 0.2) is 0 Å². The SMILES string of the molecule is CC(C)CC1CN(CCO)C(=O)N1C. The lowest BCUT2D eigenvalue weighted by atomic mass is 10.0. The molecule has 0 spiro atoms. The van der Waals surface area contributed by atoms with E-state index in [1.807, 2.05) is 7.05 Å². The molecule has 1 aliphatic heterocycles. The number of carbonyl (C=O) groups is 1. The van der Waals surface area contributed by atoms with Crippen molar-refractivity contribution in [3.8, 4) is 0 Å². The van der Waals surface area contributed by atoms with Gasteiger partial charge in [0.25, 0.3) is 0 Å². The maximum Gasteiger partial charge on any atom is 0.320 e. The van der Waals surface area contributed by atoms with Crippen LogP contribution in [0.5, 0.6) is 0 Å². The van der Waals surface area contributed by atoms with Crippen LogP contribution < -0.4 is 0 Å². The zero-order chi connectivity index (χ0) is 10.7. The summed E-state index contributed by atoms with van der Waals surface area (Å²) >= 11 is 0. The molecule has 82 valence electrons. The van der Waals surface area contributed by atoms with Crippen LogP contribution in [0.25, 0.3) is 0 Å². The van der Waals surface area contributed by atoms with Crippen molar-refractivity contribution >= 4 is 6.03 Å². The fraction of sp³-hybridized carbons (Fsp3) is 0.900. The van der Waals surface area contributed by atoms with Crippen molar-refractivity contribution in [2.75, 3.05) is 26.7 Å². The van der Waals surface area contributed by atoms with Gasteiger partial charge in [0.15, 0.2) is 0 Å². The van der Waals surface area contributed by atoms with E-state index in [0.29, 0.717) is 18.5 Å². The molecule has 0 aromatic heterocycles. The standard InChI is InChI=1S/C10H20N2O2/c1-8(2)6-9-7-12(4-5-13)10(14)11(9)3/h8-9,13H,4-7H2,1-3H3. The maximum atomic E-state index is 11.6. The van der Waals surface area contributed by atoms with E-state index >= 15 is 0 Å². The average molecular weight is 200 g/mol. The molecular formula is C10H20N2O2. The van der Waals surface area contributed by atoms with Crippen LogP contribution in [0.1, 0.15) is 20.3 Å².